The molecule has 1 aliphatic carbocycles. The molecule has 7 heteroatoms. The van der Waals surface area contributed by atoms with E-state index in [2.05, 4.69) is 26.7 Å². The number of azo groups is 1. The maximum Gasteiger partial charge on any atom is 0.164 e. The molecule has 1 aromatic carbocycles. The van der Waals surface area contributed by atoms with Gasteiger partial charge in [0.15, 0.2) is 11.9 Å². The van der Waals surface area contributed by atoms with Crippen LogP contribution in [0.4, 0.5) is 4.39 Å². The van der Waals surface area contributed by atoms with Crippen molar-refractivity contribution in [1.29, 1.82) is 0 Å². The van der Waals surface area contributed by atoms with E-state index in [-0.39, 0.29) is 12.2 Å². The largest absolute Gasteiger partial charge is 0.359 e. The number of nitrogens with one attached hydrogen (secondary N) is 1. The number of hydrogen-bond donors (Lipinski definition) is 1. The Morgan fingerprint density at radius 2 is 2.06 bits per heavy atom. The number of carbonyl (C=O) groups is 1. The van der Waals surface area contributed by atoms with Gasteiger partial charge in [0.05, 0.1) is 28.7 Å². The first-order chi connectivity index (χ1) is 15.2. The minimum atomic E-state index is -1.28. The first-order valence-electron chi connectivity index (χ1n) is 11.1. The van der Waals surface area contributed by atoms with Gasteiger partial charge in [0.1, 0.15) is 6.17 Å². The highest BCUT2D eigenvalue weighted by Crippen LogP contribution is 2.54. The lowest BCUT2D eigenvalue weighted by Crippen LogP contribution is -2.55. The van der Waals surface area contributed by atoms with Gasteiger partial charge in [-0.25, -0.2) is 4.39 Å². The molecule has 1 unspecified atom stereocenters. The van der Waals surface area contributed by atoms with Gasteiger partial charge in [-0.2, -0.15) is 15.3 Å². The fourth-order valence-corrected chi connectivity index (χ4v) is 5.63. The molecule has 0 saturated heterocycles. The summed E-state index contributed by atoms with van der Waals surface area (Å²) < 4.78 is 17.6. The second-order valence-electron chi connectivity index (χ2n) is 9.74. The first kappa shape index (κ1) is 20.8. The number of carbonyl (C=O) groups excluding carboxylic acids is 1. The van der Waals surface area contributed by atoms with Crippen LogP contribution in [0.3, 0.4) is 0 Å². The Labute approximate surface area is 187 Å². The third-order valence-electron chi connectivity index (χ3n) is 7.17. The second kappa shape index (κ2) is 6.95. The van der Waals surface area contributed by atoms with E-state index in [4.69, 9.17) is 0 Å². The van der Waals surface area contributed by atoms with E-state index >= 15 is 4.39 Å². The maximum atomic E-state index is 15.7. The number of allylic oxidation sites excluding steroid dienone is 2. The summed E-state index contributed by atoms with van der Waals surface area (Å²) in [6, 6.07) is 10.2. The molecule has 0 radical (unpaired) electrons. The number of fused-ring (bicyclic) bond motifs is 1. The van der Waals surface area contributed by atoms with E-state index in [1.54, 1.807) is 6.20 Å². The molecule has 166 valence electrons. The normalized spacial score (nSPS) is 28.3. The molecule has 6 nitrogen and oxygen atoms in total. The van der Waals surface area contributed by atoms with E-state index in [0.717, 1.165) is 28.1 Å². The summed E-state index contributed by atoms with van der Waals surface area (Å²) >= 11 is 0. The van der Waals surface area contributed by atoms with Gasteiger partial charge in [0.25, 0.3) is 0 Å². The summed E-state index contributed by atoms with van der Waals surface area (Å²) in [5, 5.41) is 16.2. The van der Waals surface area contributed by atoms with Crippen LogP contribution < -0.4 is 5.32 Å². The number of benzene rings is 1. The van der Waals surface area contributed by atoms with Gasteiger partial charge in [0, 0.05) is 35.6 Å². The zero-order valence-corrected chi connectivity index (χ0v) is 19.1. The van der Waals surface area contributed by atoms with Gasteiger partial charge < -0.3 is 5.32 Å². The van der Waals surface area contributed by atoms with Crippen LogP contribution in [0.25, 0.3) is 11.3 Å². The molecule has 32 heavy (non-hydrogen) atoms. The second-order valence-corrected chi connectivity index (χ2v) is 9.74. The highest BCUT2D eigenvalue weighted by molar-refractivity contribution is 6.02. The topological polar surface area (TPSA) is 71.6 Å². The molecular weight excluding hydrogens is 405 g/mol. The number of nitrogens with zero attached hydrogens (tertiary/aromatic N) is 4. The summed E-state index contributed by atoms with van der Waals surface area (Å²) in [4.78, 5) is 13.6. The smallest absolute Gasteiger partial charge is 0.164 e. The van der Waals surface area contributed by atoms with E-state index in [9.17, 15) is 4.79 Å². The van der Waals surface area contributed by atoms with Crippen LogP contribution in [0.15, 0.2) is 63.6 Å². The molecule has 0 spiro atoms. The van der Waals surface area contributed by atoms with Crippen molar-refractivity contribution < 1.29 is 9.18 Å². The van der Waals surface area contributed by atoms with Crippen LogP contribution in [0.2, 0.25) is 0 Å². The van der Waals surface area contributed by atoms with Crippen LogP contribution in [0.5, 0.6) is 0 Å². The third kappa shape index (κ3) is 2.76. The highest BCUT2D eigenvalue weighted by Gasteiger charge is 2.56. The lowest BCUT2D eigenvalue weighted by atomic mass is 9.58. The van der Waals surface area contributed by atoms with Crippen molar-refractivity contribution in [2.75, 3.05) is 0 Å². The lowest BCUT2D eigenvalue weighted by Gasteiger charge is -2.49. The van der Waals surface area contributed by atoms with Gasteiger partial charge in [0.2, 0.25) is 0 Å². The Morgan fingerprint density at radius 3 is 2.75 bits per heavy atom. The van der Waals surface area contributed by atoms with Gasteiger partial charge >= 0.3 is 0 Å². The minimum Gasteiger partial charge on any atom is -0.359 e. The van der Waals surface area contributed by atoms with Gasteiger partial charge in [-0.3, -0.25) is 9.48 Å². The van der Waals surface area contributed by atoms with Crippen LogP contribution in [-0.4, -0.2) is 27.9 Å². The highest BCUT2D eigenvalue weighted by atomic mass is 19.1. The van der Waals surface area contributed by atoms with Crippen molar-refractivity contribution in [3.63, 3.8) is 0 Å². The van der Waals surface area contributed by atoms with Crippen LogP contribution >= 0.6 is 0 Å². The molecular formula is C25H28FN5O. The molecule has 0 bridgehead atoms. The van der Waals surface area contributed by atoms with Gasteiger partial charge in [-0.05, 0) is 31.0 Å². The molecule has 5 rings (SSSR count). The molecule has 0 saturated carbocycles. The number of ketones is 1. The summed E-state index contributed by atoms with van der Waals surface area (Å²) in [6.45, 7) is 7.63. The van der Waals surface area contributed by atoms with E-state index in [1.807, 2.05) is 63.7 Å². The standard InChI is InChI=1S/C25H28FN5O/c1-6-25(16-9-7-8-15(11-16)18-10-14(2)30-31(18)5)17-13-27-29-23(17)28-21-20(25)19(32)12-24(3,4)22(21)26/h7-11,13,22-23,28H,6,12H2,1-5H3/t22-,23?,25+/m0/s1. The third-order valence-corrected chi connectivity index (χ3v) is 7.17. The van der Waals surface area contributed by atoms with E-state index in [1.165, 1.54) is 0 Å². The zero-order valence-electron chi connectivity index (χ0n) is 19.1. The number of hydrogen-bond acceptors (Lipinski definition) is 5. The monoisotopic (exact) mass is 433 g/mol. The van der Waals surface area contributed by atoms with Crippen molar-refractivity contribution >= 4 is 5.78 Å². The van der Waals surface area contributed by atoms with Crippen molar-refractivity contribution in [3.8, 4) is 11.3 Å². The molecule has 1 aromatic heterocycles. The van der Waals surface area contributed by atoms with Crippen molar-refractivity contribution in [2.45, 2.75) is 58.3 Å². The van der Waals surface area contributed by atoms with E-state index in [0.29, 0.717) is 17.7 Å². The average molecular weight is 434 g/mol. The minimum absolute atomic E-state index is 0.0127. The number of halogens is 1. The molecule has 2 aliphatic heterocycles. The quantitative estimate of drug-likeness (QED) is 0.747. The van der Waals surface area contributed by atoms with Crippen molar-refractivity contribution in [2.24, 2.45) is 22.7 Å². The summed E-state index contributed by atoms with van der Waals surface area (Å²) in [5.74, 6) is -0.0127. The number of aromatic nitrogens is 2. The van der Waals surface area contributed by atoms with Crippen molar-refractivity contribution in [1.82, 2.24) is 15.1 Å². The zero-order chi connectivity index (χ0) is 22.8. The first-order valence-corrected chi connectivity index (χ1v) is 11.1. The van der Waals surface area contributed by atoms with Crippen LogP contribution in [0, 0.1) is 12.3 Å². The van der Waals surface area contributed by atoms with Crippen LogP contribution in [0.1, 0.15) is 44.9 Å². The molecule has 0 fully saturated rings. The average Bonchev–Trinajstić information content (AvgIpc) is 3.36. The van der Waals surface area contributed by atoms with E-state index < -0.39 is 23.2 Å². The summed E-state index contributed by atoms with van der Waals surface area (Å²) in [7, 11) is 1.92. The Balaban J connectivity index is 1.77. The molecule has 0 amide bonds. The Bertz CT molecular complexity index is 1220. The molecule has 2 aromatic rings. The van der Waals surface area contributed by atoms with Crippen molar-refractivity contribution in [3.05, 3.63) is 64.6 Å². The Kier molecular flexibility index (Phi) is 4.52. The summed E-state index contributed by atoms with van der Waals surface area (Å²) in [6.07, 6.45) is 0.779. The molecule has 3 aliphatic rings. The Morgan fingerprint density at radius 1 is 1.28 bits per heavy atom. The lowest BCUT2D eigenvalue weighted by molar-refractivity contribution is -0.120. The van der Waals surface area contributed by atoms with Gasteiger partial charge in [-0.15, -0.1) is 0 Å². The summed E-state index contributed by atoms with van der Waals surface area (Å²) in [5.41, 5.74) is 4.13. The number of alkyl halides is 1. The Hall–Kier alpha value is -3.09. The van der Waals surface area contributed by atoms with Gasteiger partial charge in [-0.1, -0.05) is 39.0 Å². The fraction of sp³-hybridized carbons (Fsp3) is 0.440. The number of aryl methyl sites for hydroxylation is 2. The molecule has 3 heterocycles. The predicted molar refractivity (Wildman–Crippen MR) is 121 cm³/mol. The predicted octanol–water partition coefficient (Wildman–Crippen LogP) is 4.91. The maximum absolute atomic E-state index is 15.7. The number of rotatable bonds is 3. The van der Waals surface area contributed by atoms with Crippen LogP contribution in [-0.2, 0) is 17.3 Å². The molecule has 3 atom stereocenters. The number of Topliss-reactive ketones (excluding diaryl/α,β-unsaturated/α-hetero) is 1. The molecule has 1 N–H and O–H groups in total. The SMILES string of the molecule is CC[C@@]1(c2cccc(-c3cc(C)nn3C)c2)C2=CN=NC2NC2=C1C(=O)CC(C)(C)[C@H]2F. The fourth-order valence-electron chi connectivity index (χ4n) is 5.63.